The Morgan fingerprint density at radius 3 is 2.36 bits per heavy atom. The van der Waals surface area contributed by atoms with Gasteiger partial charge in [-0.15, -0.1) is 0 Å². The molecule has 1 aliphatic rings. The highest BCUT2D eigenvalue weighted by atomic mass is 16.1. The Balaban J connectivity index is 2.33. The molecule has 2 N–H and O–H groups in total. The van der Waals surface area contributed by atoms with Crippen LogP contribution in [0.25, 0.3) is 0 Å². The number of hydrogen-bond donors (Lipinski definition) is 2. The van der Waals surface area contributed by atoms with E-state index in [0.29, 0.717) is 5.92 Å². The molecule has 3 heteroatoms. The van der Waals surface area contributed by atoms with E-state index in [1.165, 1.54) is 0 Å². The predicted molar refractivity (Wildman–Crippen MR) is 58.0 cm³/mol. The van der Waals surface area contributed by atoms with E-state index >= 15 is 0 Å². The van der Waals surface area contributed by atoms with Crippen molar-refractivity contribution in [2.75, 3.05) is 13.1 Å². The monoisotopic (exact) mass is 198 g/mol. The van der Waals surface area contributed by atoms with Gasteiger partial charge in [0.15, 0.2) is 0 Å². The highest BCUT2D eigenvalue weighted by Gasteiger charge is 2.22. The first-order valence-corrected chi connectivity index (χ1v) is 5.62. The zero-order valence-electron chi connectivity index (χ0n) is 9.47. The van der Waals surface area contributed by atoms with Crippen LogP contribution in [0.3, 0.4) is 0 Å². The lowest BCUT2D eigenvalue weighted by atomic mass is 9.96. The molecule has 3 nitrogen and oxygen atoms in total. The SMILES string of the molecule is CC(C)[C@H](C)NC(=O)C1CCNCC1. The Labute approximate surface area is 86.6 Å². The summed E-state index contributed by atoms with van der Waals surface area (Å²) in [6, 6.07) is 0.289. The number of hydrogen-bond acceptors (Lipinski definition) is 2. The van der Waals surface area contributed by atoms with Crippen molar-refractivity contribution >= 4 is 5.91 Å². The van der Waals surface area contributed by atoms with E-state index in [1.807, 2.05) is 0 Å². The minimum absolute atomic E-state index is 0.234. The molecule has 0 aromatic heterocycles. The third-order valence-corrected chi connectivity index (χ3v) is 3.08. The first kappa shape index (κ1) is 11.5. The van der Waals surface area contributed by atoms with Gasteiger partial charge in [-0.05, 0) is 38.8 Å². The summed E-state index contributed by atoms with van der Waals surface area (Å²) < 4.78 is 0. The topological polar surface area (TPSA) is 41.1 Å². The van der Waals surface area contributed by atoms with Gasteiger partial charge in [0.2, 0.25) is 5.91 Å². The van der Waals surface area contributed by atoms with Crippen LogP contribution in [0, 0.1) is 11.8 Å². The first-order valence-electron chi connectivity index (χ1n) is 5.62. The van der Waals surface area contributed by atoms with Crippen LogP contribution in [0.2, 0.25) is 0 Å². The highest BCUT2D eigenvalue weighted by molar-refractivity contribution is 5.79. The second kappa shape index (κ2) is 5.35. The lowest BCUT2D eigenvalue weighted by Gasteiger charge is -2.25. The molecule has 1 aliphatic heterocycles. The van der Waals surface area contributed by atoms with Gasteiger partial charge in [-0.25, -0.2) is 0 Å². The molecule has 0 aromatic rings. The second-order valence-corrected chi connectivity index (χ2v) is 4.57. The smallest absolute Gasteiger partial charge is 0.223 e. The van der Waals surface area contributed by atoms with Crippen LogP contribution in [-0.2, 0) is 4.79 Å². The molecular weight excluding hydrogens is 176 g/mol. The standard InChI is InChI=1S/C11H22N2O/c1-8(2)9(3)13-11(14)10-4-6-12-7-5-10/h8-10,12H,4-7H2,1-3H3,(H,13,14)/t9-/m0/s1. The molecule has 1 saturated heterocycles. The predicted octanol–water partition coefficient (Wildman–Crippen LogP) is 1.15. The van der Waals surface area contributed by atoms with Crippen molar-refractivity contribution in [1.82, 2.24) is 10.6 Å². The summed E-state index contributed by atoms with van der Waals surface area (Å²) in [5, 5.41) is 6.35. The van der Waals surface area contributed by atoms with Gasteiger partial charge in [0.25, 0.3) is 0 Å². The molecule has 1 heterocycles. The highest BCUT2D eigenvalue weighted by Crippen LogP contribution is 2.12. The van der Waals surface area contributed by atoms with Gasteiger partial charge in [-0.3, -0.25) is 4.79 Å². The number of carbonyl (C=O) groups excluding carboxylic acids is 1. The lowest BCUT2D eigenvalue weighted by Crippen LogP contribution is -2.43. The molecule has 14 heavy (non-hydrogen) atoms. The minimum atomic E-state index is 0.234. The number of amides is 1. The van der Waals surface area contributed by atoms with Crippen LogP contribution in [-0.4, -0.2) is 25.0 Å². The number of rotatable bonds is 3. The average molecular weight is 198 g/mol. The molecular formula is C11H22N2O. The van der Waals surface area contributed by atoms with Crippen LogP contribution < -0.4 is 10.6 Å². The van der Waals surface area contributed by atoms with Crippen molar-refractivity contribution in [3.05, 3.63) is 0 Å². The van der Waals surface area contributed by atoms with Gasteiger partial charge in [-0.2, -0.15) is 0 Å². The van der Waals surface area contributed by atoms with Gasteiger partial charge >= 0.3 is 0 Å². The summed E-state index contributed by atoms with van der Waals surface area (Å²) in [5.74, 6) is 0.991. The summed E-state index contributed by atoms with van der Waals surface area (Å²) in [5.41, 5.74) is 0. The second-order valence-electron chi connectivity index (χ2n) is 4.57. The maximum absolute atomic E-state index is 11.8. The van der Waals surface area contributed by atoms with E-state index in [9.17, 15) is 4.79 Å². The summed E-state index contributed by atoms with van der Waals surface area (Å²) in [4.78, 5) is 11.8. The maximum Gasteiger partial charge on any atom is 0.223 e. The Kier molecular flexibility index (Phi) is 4.39. The van der Waals surface area contributed by atoms with E-state index in [4.69, 9.17) is 0 Å². The number of carbonyl (C=O) groups is 1. The molecule has 0 radical (unpaired) electrons. The quantitative estimate of drug-likeness (QED) is 0.714. The number of piperidine rings is 1. The normalized spacial score (nSPS) is 20.9. The fourth-order valence-electron chi connectivity index (χ4n) is 1.59. The molecule has 0 aliphatic carbocycles. The van der Waals surface area contributed by atoms with Crippen molar-refractivity contribution < 1.29 is 4.79 Å². The van der Waals surface area contributed by atoms with Crippen molar-refractivity contribution in [3.8, 4) is 0 Å². The minimum Gasteiger partial charge on any atom is -0.353 e. The Hall–Kier alpha value is -0.570. The molecule has 1 rings (SSSR count). The van der Waals surface area contributed by atoms with Crippen molar-refractivity contribution in [2.45, 2.75) is 39.7 Å². The van der Waals surface area contributed by atoms with Gasteiger partial charge < -0.3 is 10.6 Å². The molecule has 0 aromatic carbocycles. The van der Waals surface area contributed by atoms with Gasteiger partial charge in [0.1, 0.15) is 0 Å². The maximum atomic E-state index is 11.8. The van der Waals surface area contributed by atoms with Gasteiger partial charge in [0.05, 0.1) is 0 Å². The molecule has 1 fully saturated rings. The average Bonchev–Trinajstić information content (AvgIpc) is 2.19. The van der Waals surface area contributed by atoms with Crippen LogP contribution in [0.15, 0.2) is 0 Å². The van der Waals surface area contributed by atoms with E-state index in [-0.39, 0.29) is 17.9 Å². The summed E-state index contributed by atoms with van der Waals surface area (Å²) in [6.45, 7) is 8.30. The molecule has 0 unspecified atom stereocenters. The molecule has 0 bridgehead atoms. The third-order valence-electron chi connectivity index (χ3n) is 3.08. The zero-order valence-corrected chi connectivity index (χ0v) is 9.47. The van der Waals surface area contributed by atoms with E-state index in [1.54, 1.807) is 0 Å². The molecule has 1 amide bonds. The summed E-state index contributed by atoms with van der Waals surface area (Å²) >= 11 is 0. The van der Waals surface area contributed by atoms with E-state index in [2.05, 4.69) is 31.4 Å². The lowest BCUT2D eigenvalue weighted by molar-refractivity contribution is -0.126. The van der Waals surface area contributed by atoms with Crippen molar-refractivity contribution in [2.24, 2.45) is 11.8 Å². The summed E-state index contributed by atoms with van der Waals surface area (Å²) in [7, 11) is 0. The molecule has 0 spiro atoms. The molecule has 0 saturated carbocycles. The fraction of sp³-hybridized carbons (Fsp3) is 0.909. The van der Waals surface area contributed by atoms with E-state index < -0.39 is 0 Å². The Morgan fingerprint density at radius 2 is 1.86 bits per heavy atom. The van der Waals surface area contributed by atoms with Crippen LogP contribution in [0.1, 0.15) is 33.6 Å². The van der Waals surface area contributed by atoms with Crippen LogP contribution in [0.5, 0.6) is 0 Å². The van der Waals surface area contributed by atoms with Gasteiger partial charge in [0, 0.05) is 12.0 Å². The van der Waals surface area contributed by atoms with Crippen molar-refractivity contribution in [1.29, 1.82) is 0 Å². The largest absolute Gasteiger partial charge is 0.353 e. The molecule has 1 atom stereocenters. The summed E-state index contributed by atoms with van der Waals surface area (Å²) in [6.07, 6.45) is 1.97. The molecule has 82 valence electrons. The Morgan fingerprint density at radius 1 is 1.29 bits per heavy atom. The third kappa shape index (κ3) is 3.29. The Bertz CT molecular complexity index is 186. The fourth-order valence-corrected chi connectivity index (χ4v) is 1.59. The van der Waals surface area contributed by atoms with E-state index in [0.717, 1.165) is 25.9 Å². The van der Waals surface area contributed by atoms with Gasteiger partial charge in [-0.1, -0.05) is 13.8 Å². The van der Waals surface area contributed by atoms with Crippen LogP contribution >= 0.6 is 0 Å². The van der Waals surface area contributed by atoms with Crippen molar-refractivity contribution in [3.63, 3.8) is 0 Å². The van der Waals surface area contributed by atoms with Crippen LogP contribution in [0.4, 0.5) is 0 Å². The zero-order chi connectivity index (χ0) is 10.6. The first-order chi connectivity index (χ1) is 6.61. The number of nitrogens with one attached hydrogen (secondary N) is 2.